The molecule has 0 saturated heterocycles. The van der Waals surface area contributed by atoms with Crippen LogP contribution in [0.4, 0.5) is 0 Å². The van der Waals surface area contributed by atoms with Gasteiger partial charge in [-0.1, -0.05) is 0 Å². The van der Waals surface area contributed by atoms with Crippen LogP contribution in [-0.4, -0.2) is 0 Å². The molecule has 0 N–H and O–H groups in total. The quantitative estimate of drug-likeness (QED) is 0.521. The molecule has 0 saturated carbocycles. The van der Waals surface area contributed by atoms with Gasteiger partial charge in [0.2, 0.25) is 0 Å². The van der Waals surface area contributed by atoms with Crippen LogP contribution in [0.1, 0.15) is 0 Å². The summed E-state index contributed by atoms with van der Waals surface area (Å²) in [5.74, 6) is 0. The largest absolute Gasteiger partial charge is 5.00 e. The van der Waals surface area contributed by atoms with E-state index >= 15 is 0 Å². The Bertz CT molecular complexity index is 7.51. The molecule has 0 aliphatic rings. The van der Waals surface area contributed by atoms with Crippen LogP contribution in [0.25, 0.3) is 0 Å². The van der Waals surface area contributed by atoms with Crippen molar-refractivity contribution in [3.8, 4) is 0 Å². The van der Waals surface area contributed by atoms with Gasteiger partial charge in [-0.2, -0.15) is 0 Å². The summed E-state index contributed by atoms with van der Waals surface area (Å²) in [5.41, 5.74) is 0. The van der Waals surface area contributed by atoms with E-state index in [1.165, 1.54) is 0 Å². The summed E-state index contributed by atoms with van der Waals surface area (Å²) in [6.45, 7) is 0. The molecule has 6 heteroatoms. The molecular weight excluding hydrogens is 402 g/mol. The van der Waals surface area contributed by atoms with Gasteiger partial charge in [-0.3, -0.25) is 0 Å². The van der Waals surface area contributed by atoms with Gasteiger partial charge in [0.1, 0.15) is 0 Å². The SMILES string of the molecule is [Gd+3].[O-2].[O-2].[O-2].[O-2].[Ta+5]. The van der Waals surface area contributed by atoms with Gasteiger partial charge in [-0.15, -0.1) is 0 Å². The van der Waals surface area contributed by atoms with Crippen molar-refractivity contribution in [3.05, 3.63) is 0 Å². The second kappa shape index (κ2) is 66.3. The zero-order valence-electron chi connectivity index (χ0n) is 2.43. The van der Waals surface area contributed by atoms with Crippen LogP contribution in [0.15, 0.2) is 0 Å². The Kier molecular flexibility index (Phi) is 1150. The first-order valence-electron chi connectivity index (χ1n) is 0. The van der Waals surface area contributed by atoms with Crippen molar-refractivity contribution in [3.63, 3.8) is 0 Å². The predicted molar refractivity (Wildman–Crippen MR) is 2.75 cm³/mol. The molecule has 0 aromatic carbocycles. The summed E-state index contributed by atoms with van der Waals surface area (Å²) in [5, 5.41) is 0. The molecule has 0 unspecified atom stereocenters. The maximum atomic E-state index is 0. The molecule has 0 rings (SSSR count). The van der Waals surface area contributed by atoms with Crippen LogP contribution in [-0.2, 0) is 44.3 Å². The van der Waals surface area contributed by atoms with E-state index in [9.17, 15) is 0 Å². The normalized spacial score (nSPS) is 0. The summed E-state index contributed by atoms with van der Waals surface area (Å²) >= 11 is 0. The topological polar surface area (TPSA) is 114 Å². The molecule has 1 radical (unpaired) electrons. The molecule has 0 aromatic heterocycles. The Morgan fingerprint density at radius 3 is 0.500 bits per heavy atom. The van der Waals surface area contributed by atoms with E-state index in [2.05, 4.69) is 0 Å². The fourth-order valence-electron chi connectivity index (χ4n) is 0. The molecule has 0 spiro atoms. The zero-order valence-corrected chi connectivity index (χ0v) is 7.92. The van der Waals surface area contributed by atoms with E-state index in [1.807, 2.05) is 0 Å². The molecule has 4 nitrogen and oxygen atoms in total. The second-order valence-electron chi connectivity index (χ2n) is 0. The third-order valence-electron chi connectivity index (χ3n) is 0. The third kappa shape index (κ3) is 39.1. The monoisotopic (exact) mass is 403 g/mol. The van der Waals surface area contributed by atoms with Crippen LogP contribution in [0, 0.1) is 39.9 Å². The predicted octanol–water partition coefficient (Wildman–Crippen LogP) is -0.478. The number of hydrogen-bond donors (Lipinski definition) is 0. The van der Waals surface area contributed by atoms with Crippen LogP contribution in [0.5, 0.6) is 0 Å². The van der Waals surface area contributed by atoms with Gasteiger partial charge in [-0.25, -0.2) is 0 Å². The van der Waals surface area contributed by atoms with E-state index in [0.717, 1.165) is 0 Å². The van der Waals surface area contributed by atoms with Gasteiger partial charge in [0.15, 0.2) is 0 Å². The molecule has 37 valence electrons. The maximum Gasteiger partial charge on any atom is 5.00 e. The number of hydrogen-bond acceptors (Lipinski definition) is 0. The van der Waals surface area contributed by atoms with E-state index in [1.54, 1.807) is 0 Å². The minimum atomic E-state index is 0. The molecule has 0 heterocycles. The van der Waals surface area contributed by atoms with E-state index in [4.69, 9.17) is 0 Å². The number of rotatable bonds is 0. The van der Waals surface area contributed by atoms with Gasteiger partial charge in [0.25, 0.3) is 0 Å². The fourth-order valence-corrected chi connectivity index (χ4v) is 0. The van der Waals surface area contributed by atoms with Crippen LogP contribution in [0.3, 0.4) is 0 Å². The van der Waals surface area contributed by atoms with E-state index < -0.39 is 0 Å². The maximum absolute atomic E-state index is 0. The smallest absolute Gasteiger partial charge is 2.00 e. The van der Waals surface area contributed by atoms with Crippen molar-refractivity contribution >= 4 is 0 Å². The molecule has 0 fully saturated rings. The Hall–Kier alpha value is 1.90. The standard InChI is InChI=1S/Gd.4O.Ta/q+3;4*-2;+5. The Morgan fingerprint density at radius 2 is 0.500 bits per heavy atom. The fraction of sp³-hybridized carbons (Fsp3) is 0. The second-order valence-corrected chi connectivity index (χ2v) is 0. The molecule has 6 heavy (non-hydrogen) atoms. The van der Waals surface area contributed by atoms with Crippen molar-refractivity contribution < 1.29 is 84.2 Å². The van der Waals surface area contributed by atoms with E-state index in [0.29, 0.717) is 0 Å². The first-order valence-corrected chi connectivity index (χ1v) is 0. The average Bonchev–Trinajstić information content (AvgIpc) is 0. The summed E-state index contributed by atoms with van der Waals surface area (Å²) in [6.07, 6.45) is 0. The Morgan fingerprint density at radius 1 is 0.500 bits per heavy atom. The van der Waals surface area contributed by atoms with Gasteiger partial charge < -0.3 is 21.9 Å². The van der Waals surface area contributed by atoms with Gasteiger partial charge in [0, 0.05) is 0 Å². The summed E-state index contributed by atoms with van der Waals surface area (Å²) in [7, 11) is 0. The first-order chi connectivity index (χ1) is 0. The molecule has 0 atom stereocenters. The summed E-state index contributed by atoms with van der Waals surface area (Å²) in [4.78, 5) is 0. The first kappa shape index (κ1) is 104. The molecule has 0 bridgehead atoms. The van der Waals surface area contributed by atoms with Crippen molar-refractivity contribution in [2.24, 2.45) is 0 Å². The van der Waals surface area contributed by atoms with Crippen LogP contribution >= 0.6 is 0 Å². The van der Waals surface area contributed by atoms with Crippen LogP contribution < -0.4 is 0 Å². The van der Waals surface area contributed by atoms with Gasteiger partial charge >= 0.3 is 62.3 Å². The average molecular weight is 402 g/mol. The van der Waals surface area contributed by atoms with Gasteiger partial charge in [-0.05, 0) is 0 Å². The molecule has 0 amide bonds. The van der Waals surface area contributed by atoms with Crippen LogP contribution in [0.2, 0.25) is 0 Å². The molecule has 0 aliphatic carbocycles. The molecular formula is GdO4Ta. The minimum Gasteiger partial charge on any atom is -2.00 e. The third-order valence-corrected chi connectivity index (χ3v) is 0. The summed E-state index contributed by atoms with van der Waals surface area (Å²) < 4.78 is 0. The van der Waals surface area contributed by atoms with Crippen molar-refractivity contribution in [2.75, 3.05) is 0 Å². The minimum absolute atomic E-state index is 0. The van der Waals surface area contributed by atoms with E-state index in [-0.39, 0.29) is 84.2 Å². The van der Waals surface area contributed by atoms with Crippen molar-refractivity contribution in [2.45, 2.75) is 0 Å². The van der Waals surface area contributed by atoms with Gasteiger partial charge in [0.05, 0.1) is 0 Å². The van der Waals surface area contributed by atoms with Crippen molar-refractivity contribution in [1.29, 1.82) is 0 Å². The summed E-state index contributed by atoms with van der Waals surface area (Å²) in [6, 6.07) is 0. The van der Waals surface area contributed by atoms with Crippen molar-refractivity contribution in [1.82, 2.24) is 0 Å². The Balaban J connectivity index is 0. The Labute approximate surface area is 83.1 Å². The molecule has 0 aliphatic heterocycles. The molecule has 0 aromatic rings. The zero-order chi connectivity index (χ0) is 0.